The number of nitrogens with zero attached hydrogens (tertiary/aromatic N) is 6. The van der Waals surface area contributed by atoms with Gasteiger partial charge in [0.15, 0.2) is 6.17 Å². The van der Waals surface area contributed by atoms with Gasteiger partial charge in [0.25, 0.3) is 10.0 Å². The minimum Gasteiger partial charge on any atom is -0.480 e. The summed E-state index contributed by atoms with van der Waals surface area (Å²) in [6.07, 6.45) is -1.56. The molecule has 0 aliphatic carbocycles. The van der Waals surface area contributed by atoms with E-state index in [-0.39, 0.29) is 70.5 Å². The van der Waals surface area contributed by atoms with E-state index in [2.05, 4.69) is 20.8 Å². The number of nitrogens with two attached hydrogens (primary N) is 1. The molecular weight excluding hydrogens is 690 g/mol. The van der Waals surface area contributed by atoms with E-state index < -0.39 is 69.4 Å². The molecule has 0 radical (unpaired) electrons. The molecule has 1 fully saturated rings. The maximum atomic E-state index is 13.6. The molecule has 3 rings (SSSR count). The summed E-state index contributed by atoms with van der Waals surface area (Å²) < 4.78 is 22.8. The van der Waals surface area contributed by atoms with Gasteiger partial charge in [0.1, 0.15) is 0 Å². The van der Waals surface area contributed by atoms with Crippen LogP contribution in [0.2, 0.25) is 0 Å². The van der Waals surface area contributed by atoms with Gasteiger partial charge in [0.2, 0.25) is 15.4 Å². The van der Waals surface area contributed by atoms with Crippen LogP contribution >= 0.6 is 11.3 Å². The summed E-state index contributed by atoms with van der Waals surface area (Å²) in [6.45, 7) is -0.613. The molecule has 22 heteroatoms. The van der Waals surface area contributed by atoms with E-state index in [9.17, 15) is 52.8 Å². The van der Waals surface area contributed by atoms with Gasteiger partial charge in [-0.25, -0.2) is 18.4 Å². The van der Waals surface area contributed by atoms with Crippen molar-refractivity contribution in [3.63, 3.8) is 0 Å². The number of sulfonamides is 1. The van der Waals surface area contributed by atoms with E-state index in [0.717, 1.165) is 0 Å². The van der Waals surface area contributed by atoms with Gasteiger partial charge in [-0.3, -0.25) is 49.4 Å². The first-order chi connectivity index (χ1) is 23.1. The highest BCUT2D eigenvalue weighted by atomic mass is 32.2. The first-order valence-electron chi connectivity index (χ1n) is 14.9. The second-order valence-corrected chi connectivity index (χ2v) is 13.8. The smallest absolute Gasteiger partial charge is 0.335 e. The third-order valence-corrected chi connectivity index (χ3v) is 9.53. The molecule has 0 bridgehead atoms. The molecular formula is C27H39N9O11S2. The van der Waals surface area contributed by atoms with Crippen LogP contribution in [0.15, 0.2) is 34.7 Å². The zero-order chi connectivity index (χ0) is 36.1. The fourth-order valence-electron chi connectivity index (χ4n) is 5.03. The lowest BCUT2D eigenvalue weighted by Crippen LogP contribution is -2.60. The number of hydrogen-bond donors (Lipinski definition) is 7. The number of benzene rings is 1. The summed E-state index contributed by atoms with van der Waals surface area (Å²) in [4.78, 5) is 67.2. The molecule has 2 atom stereocenters. The molecule has 0 spiro atoms. The summed E-state index contributed by atoms with van der Waals surface area (Å²) in [7, 11) is -4.20. The lowest BCUT2D eigenvalue weighted by atomic mass is 10.0. The fourth-order valence-corrected chi connectivity index (χ4v) is 6.36. The van der Waals surface area contributed by atoms with Crippen LogP contribution in [-0.4, -0.2) is 173 Å². The highest BCUT2D eigenvalue weighted by molar-refractivity contribution is 7.91. The average Bonchev–Trinajstić information content (AvgIpc) is 3.48. The SMILES string of the molecule is NS(=O)(=O)c1nnc(NC(=O)[C@H](Cc2ccccc2)NC(C(=O)O)N2CCN(CC(=O)O)CCN(CC(=O)O)CCN(CC(=O)O)CC2)s1. The van der Waals surface area contributed by atoms with Crippen LogP contribution in [-0.2, 0) is 40.4 Å². The number of aliphatic carboxylic acids is 4. The number of amides is 1. The monoisotopic (exact) mass is 729 g/mol. The number of rotatable bonds is 15. The molecule has 1 aromatic heterocycles. The molecule has 20 nitrogen and oxygen atoms in total. The molecule has 1 aromatic carbocycles. The lowest BCUT2D eigenvalue weighted by Gasteiger charge is -2.36. The molecule has 1 aliphatic rings. The van der Waals surface area contributed by atoms with Gasteiger partial charge in [-0.1, -0.05) is 41.7 Å². The zero-order valence-electron chi connectivity index (χ0n) is 26.3. The van der Waals surface area contributed by atoms with Crippen LogP contribution in [0.5, 0.6) is 0 Å². The normalized spacial score (nSPS) is 17.7. The Kier molecular flexibility index (Phi) is 14.9. The van der Waals surface area contributed by atoms with Gasteiger partial charge in [-0.2, -0.15) is 0 Å². The van der Waals surface area contributed by atoms with Crippen molar-refractivity contribution in [2.24, 2.45) is 5.14 Å². The van der Waals surface area contributed by atoms with Crippen LogP contribution in [0.3, 0.4) is 0 Å². The Hall–Kier alpha value is -4.16. The van der Waals surface area contributed by atoms with Crippen molar-refractivity contribution in [1.82, 2.24) is 35.1 Å². The largest absolute Gasteiger partial charge is 0.480 e. The predicted octanol–water partition coefficient (Wildman–Crippen LogP) is -2.79. The highest BCUT2D eigenvalue weighted by Gasteiger charge is 2.33. The van der Waals surface area contributed by atoms with E-state index in [1.807, 2.05) is 0 Å². The van der Waals surface area contributed by atoms with Gasteiger partial charge in [-0.05, 0) is 12.0 Å². The first-order valence-corrected chi connectivity index (χ1v) is 17.2. The summed E-state index contributed by atoms with van der Waals surface area (Å²) in [5.41, 5.74) is 0.654. The molecule has 1 aliphatic heterocycles. The van der Waals surface area contributed by atoms with Crippen molar-refractivity contribution < 1.29 is 52.8 Å². The molecule has 2 heterocycles. The quantitative estimate of drug-likeness (QED) is 0.0912. The third-order valence-electron chi connectivity index (χ3n) is 7.39. The van der Waals surface area contributed by atoms with Crippen LogP contribution < -0.4 is 15.8 Å². The Morgan fingerprint density at radius 2 is 1.24 bits per heavy atom. The van der Waals surface area contributed by atoms with Crippen LogP contribution in [0.4, 0.5) is 5.13 Å². The van der Waals surface area contributed by atoms with Gasteiger partial charge in [0.05, 0.1) is 25.7 Å². The number of anilines is 1. The summed E-state index contributed by atoms with van der Waals surface area (Å²) in [5.74, 6) is -5.54. The Morgan fingerprint density at radius 3 is 1.65 bits per heavy atom. The number of aromatic nitrogens is 2. The number of carbonyl (C=O) groups is 5. The van der Waals surface area contributed by atoms with Crippen molar-refractivity contribution >= 4 is 56.3 Å². The number of carboxylic acids is 4. The lowest BCUT2D eigenvalue weighted by molar-refractivity contribution is -0.146. The molecule has 1 saturated heterocycles. The molecule has 8 N–H and O–H groups in total. The van der Waals surface area contributed by atoms with Crippen molar-refractivity contribution in [2.45, 2.75) is 23.0 Å². The van der Waals surface area contributed by atoms with E-state index in [4.69, 9.17) is 5.14 Å². The molecule has 2 aromatic rings. The molecule has 1 unspecified atom stereocenters. The molecule has 0 saturated carbocycles. The third kappa shape index (κ3) is 13.7. The number of carboxylic acid groups (broad SMARTS) is 4. The number of nitrogens with one attached hydrogen (secondary N) is 2. The Labute approximate surface area is 285 Å². The van der Waals surface area contributed by atoms with Gasteiger partial charge < -0.3 is 20.4 Å². The molecule has 49 heavy (non-hydrogen) atoms. The summed E-state index contributed by atoms with van der Waals surface area (Å²) in [5, 5.41) is 56.1. The Morgan fingerprint density at radius 1 is 0.776 bits per heavy atom. The van der Waals surface area contributed by atoms with Crippen LogP contribution in [0, 0.1) is 0 Å². The molecule has 270 valence electrons. The van der Waals surface area contributed by atoms with Gasteiger partial charge in [-0.15, -0.1) is 10.2 Å². The van der Waals surface area contributed by atoms with E-state index in [1.54, 1.807) is 35.2 Å². The Balaban J connectivity index is 1.92. The topological polar surface area (TPSA) is 289 Å². The van der Waals surface area contributed by atoms with Crippen LogP contribution in [0.25, 0.3) is 0 Å². The van der Waals surface area contributed by atoms with Crippen LogP contribution in [0.1, 0.15) is 5.56 Å². The number of carbonyl (C=O) groups excluding carboxylic acids is 1. The maximum Gasteiger partial charge on any atom is 0.335 e. The zero-order valence-corrected chi connectivity index (χ0v) is 27.9. The predicted molar refractivity (Wildman–Crippen MR) is 172 cm³/mol. The van der Waals surface area contributed by atoms with E-state index in [0.29, 0.717) is 16.9 Å². The van der Waals surface area contributed by atoms with Crippen molar-refractivity contribution in [1.29, 1.82) is 0 Å². The number of primary sulfonamides is 1. The van der Waals surface area contributed by atoms with Crippen molar-refractivity contribution in [3.05, 3.63) is 35.9 Å². The standard InChI is InChI=1S/C27H39N9O11S2/c28-49(46,47)27-32-31-26(48-27)30-24(43)19(14-18-4-2-1-3-5-18)29-23(25(44)45)36-12-10-34(16-21(39)40)8-6-33(15-20(37)38)7-9-35(11-13-36)17-22(41)42/h1-5,19,23,29H,6-17H2,(H,37,38)(H,39,40)(H,41,42)(H,44,45)(H2,28,46,47)(H,30,31,43)/t19-,23?/m0/s1. The number of hydrogen-bond acceptors (Lipinski definition) is 15. The average molecular weight is 730 g/mol. The second kappa shape index (κ2) is 18.6. The molecule has 1 amide bonds. The van der Waals surface area contributed by atoms with Gasteiger partial charge in [0, 0.05) is 52.4 Å². The summed E-state index contributed by atoms with van der Waals surface area (Å²) >= 11 is 0.507. The second-order valence-electron chi connectivity index (χ2n) is 11.1. The minimum atomic E-state index is -4.20. The summed E-state index contributed by atoms with van der Waals surface area (Å²) in [6, 6.07) is 7.42. The van der Waals surface area contributed by atoms with E-state index in [1.165, 1.54) is 14.7 Å². The highest BCUT2D eigenvalue weighted by Crippen LogP contribution is 2.19. The van der Waals surface area contributed by atoms with Gasteiger partial charge >= 0.3 is 23.9 Å². The minimum absolute atomic E-state index is 0.0131. The maximum absolute atomic E-state index is 13.6. The van der Waals surface area contributed by atoms with Crippen molar-refractivity contribution in [3.8, 4) is 0 Å². The fraction of sp³-hybridized carbons (Fsp3) is 0.519. The van der Waals surface area contributed by atoms with Crippen molar-refractivity contribution in [2.75, 3.05) is 77.3 Å². The first kappa shape index (κ1) is 39.3. The van der Waals surface area contributed by atoms with E-state index >= 15 is 0 Å². The Bertz CT molecular complexity index is 1530.